The first-order valence-electron chi connectivity index (χ1n) is 11.5. The minimum atomic E-state index is -0.529. The van der Waals surface area contributed by atoms with Crippen molar-refractivity contribution in [2.75, 3.05) is 50.0 Å². The topological polar surface area (TPSA) is 96.0 Å². The third-order valence-corrected chi connectivity index (χ3v) is 5.94. The van der Waals surface area contributed by atoms with E-state index in [4.69, 9.17) is 9.47 Å². The number of carbonyl (C=O) groups excluding carboxylic acids is 2. The molecule has 34 heavy (non-hydrogen) atoms. The number of ether oxygens (including phenoxy) is 2. The number of hydrogen-bond donors (Lipinski definition) is 2. The Hall–Kier alpha value is -3.24. The largest absolute Gasteiger partial charge is 0.446 e. The molecule has 3 amide bonds. The second kappa shape index (κ2) is 11.3. The normalized spacial score (nSPS) is 17.3. The number of urea groups is 1. The van der Waals surface area contributed by atoms with Crippen LogP contribution in [0.5, 0.6) is 0 Å². The molecule has 182 valence electrons. The second-order valence-electron chi connectivity index (χ2n) is 8.50. The lowest BCUT2D eigenvalue weighted by Crippen LogP contribution is -2.49. The Morgan fingerprint density at radius 3 is 2.65 bits per heavy atom. The number of rotatable bonds is 5. The minimum absolute atomic E-state index is 0.0802. The van der Waals surface area contributed by atoms with Gasteiger partial charge in [-0.25, -0.2) is 14.0 Å². The lowest BCUT2D eigenvalue weighted by Gasteiger charge is -2.35. The summed E-state index contributed by atoms with van der Waals surface area (Å²) in [4.78, 5) is 32.6. The van der Waals surface area contributed by atoms with Crippen molar-refractivity contribution in [3.05, 3.63) is 53.6 Å². The van der Waals surface area contributed by atoms with E-state index in [0.29, 0.717) is 57.2 Å². The van der Waals surface area contributed by atoms with E-state index in [0.717, 1.165) is 18.5 Å². The standard InChI is InChI=1S/C24H30FN5O4/c1-17-15-19(5-8-26-17)27-23(31)28-21-4-2-3-18(22(21)25)16-29-9-11-30(12-10-29)24(32)34-20-6-13-33-14-7-20/h2-5,8,15,20H,6-7,9-14,16H2,1H3,(H2,26,27,28,31). The quantitative estimate of drug-likeness (QED) is 0.692. The van der Waals surface area contributed by atoms with Crippen molar-refractivity contribution in [1.82, 2.24) is 14.8 Å². The van der Waals surface area contributed by atoms with Gasteiger partial charge in [-0.05, 0) is 25.1 Å². The summed E-state index contributed by atoms with van der Waals surface area (Å²) in [6.45, 7) is 5.72. The van der Waals surface area contributed by atoms with Crippen LogP contribution in [-0.4, -0.2) is 72.4 Å². The molecule has 0 radical (unpaired) electrons. The number of hydrogen-bond acceptors (Lipinski definition) is 6. The minimum Gasteiger partial charge on any atom is -0.446 e. The van der Waals surface area contributed by atoms with E-state index < -0.39 is 11.8 Å². The highest BCUT2D eigenvalue weighted by Gasteiger charge is 2.26. The highest BCUT2D eigenvalue weighted by molar-refractivity contribution is 5.99. The van der Waals surface area contributed by atoms with Crippen LogP contribution >= 0.6 is 0 Å². The van der Waals surface area contributed by atoms with Gasteiger partial charge in [0.2, 0.25) is 0 Å². The van der Waals surface area contributed by atoms with Gasteiger partial charge in [-0.2, -0.15) is 0 Å². The fourth-order valence-electron chi connectivity index (χ4n) is 4.05. The Morgan fingerprint density at radius 1 is 1.15 bits per heavy atom. The molecule has 0 saturated carbocycles. The van der Waals surface area contributed by atoms with Gasteiger partial charge in [-0.3, -0.25) is 9.88 Å². The van der Waals surface area contributed by atoms with E-state index in [9.17, 15) is 9.59 Å². The van der Waals surface area contributed by atoms with Gasteiger partial charge in [-0.1, -0.05) is 12.1 Å². The van der Waals surface area contributed by atoms with Gasteiger partial charge in [0, 0.05) is 68.7 Å². The molecular formula is C24H30FN5O4. The predicted molar refractivity (Wildman–Crippen MR) is 125 cm³/mol. The summed E-state index contributed by atoms with van der Waals surface area (Å²) in [5, 5.41) is 5.25. The highest BCUT2D eigenvalue weighted by Crippen LogP contribution is 2.21. The molecule has 0 bridgehead atoms. The van der Waals surface area contributed by atoms with E-state index in [1.807, 2.05) is 6.92 Å². The lowest BCUT2D eigenvalue weighted by molar-refractivity contribution is -0.0147. The average molecular weight is 472 g/mol. The van der Waals surface area contributed by atoms with Gasteiger partial charge in [-0.15, -0.1) is 0 Å². The van der Waals surface area contributed by atoms with Crippen LogP contribution in [-0.2, 0) is 16.0 Å². The maximum atomic E-state index is 15.1. The summed E-state index contributed by atoms with van der Waals surface area (Å²) in [5.74, 6) is -0.468. The van der Waals surface area contributed by atoms with E-state index in [2.05, 4.69) is 20.5 Å². The molecule has 9 nitrogen and oxygen atoms in total. The van der Waals surface area contributed by atoms with Crippen molar-refractivity contribution in [2.24, 2.45) is 0 Å². The highest BCUT2D eigenvalue weighted by atomic mass is 19.1. The number of benzene rings is 1. The number of anilines is 2. The van der Waals surface area contributed by atoms with Crippen LogP contribution in [0.1, 0.15) is 24.1 Å². The number of pyridine rings is 1. The fourth-order valence-corrected chi connectivity index (χ4v) is 4.05. The zero-order valence-electron chi connectivity index (χ0n) is 19.3. The summed E-state index contributed by atoms with van der Waals surface area (Å²) in [6.07, 6.45) is 2.68. The molecule has 0 unspecified atom stereocenters. The Morgan fingerprint density at radius 2 is 1.91 bits per heavy atom. The Labute approximate surface area is 198 Å². The molecule has 1 aromatic heterocycles. The summed E-state index contributed by atoms with van der Waals surface area (Å²) in [6, 6.07) is 7.81. The Bertz CT molecular complexity index is 1010. The maximum Gasteiger partial charge on any atom is 0.410 e. The van der Waals surface area contributed by atoms with Gasteiger partial charge < -0.3 is 25.0 Å². The predicted octanol–water partition coefficient (Wildman–Crippen LogP) is 3.61. The van der Waals surface area contributed by atoms with Crippen molar-refractivity contribution in [3.8, 4) is 0 Å². The zero-order valence-corrected chi connectivity index (χ0v) is 19.3. The smallest absolute Gasteiger partial charge is 0.410 e. The van der Waals surface area contributed by atoms with E-state index in [1.54, 1.807) is 35.4 Å². The number of carbonyl (C=O) groups is 2. The van der Waals surface area contributed by atoms with Crippen LogP contribution in [0.2, 0.25) is 0 Å². The van der Waals surface area contributed by atoms with Gasteiger partial charge >= 0.3 is 12.1 Å². The number of nitrogens with one attached hydrogen (secondary N) is 2. The number of aromatic nitrogens is 1. The third-order valence-electron chi connectivity index (χ3n) is 5.94. The SMILES string of the molecule is Cc1cc(NC(=O)Nc2cccc(CN3CCN(C(=O)OC4CCOCC4)CC3)c2F)ccn1. The zero-order chi connectivity index (χ0) is 23.9. The second-order valence-corrected chi connectivity index (χ2v) is 8.50. The summed E-state index contributed by atoms with van der Waals surface area (Å²) in [7, 11) is 0. The summed E-state index contributed by atoms with van der Waals surface area (Å²) >= 11 is 0. The number of amides is 3. The van der Waals surface area contributed by atoms with E-state index >= 15 is 4.39 Å². The number of halogens is 1. The molecule has 2 aliphatic heterocycles. The van der Waals surface area contributed by atoms with Gasteiger partial charge in [0.1, 0.15) is 6.10 Å². The summed E-state index contributed by atoms with van der Waals surface area (Å²) < 4.78 is 26.0. The van der Waals surface area contributed by atoms with Crippen LogP contribution in [0.4, 0.5) is 25.4 Å². The maximum absolute atomic E-state index is 15.1. The number of aryl methyl sites for hydroxylation is 1. The first kappa shape index (κ1) is 23.9. The van der Waals surface area contributed by atoms with Crippen molar-refractivity contribution >= 4 is 23.5 Å². The van der Waals surface area contributed by atoms with Crippen molar-refractivity contribution in [3.63, 3.8) is 0 Å². The third kappa shape index (κ3) is 6.42. The van der Waals surface area contributed by atoms with Crippen LogP contribution in [0.15, 0.2) is 36.5 Å². The molecule has 0 aliphatic carbocycles. The first-order chi connectivity index (χ1) is 16.5. The average Bonchev–Trinajstić information content (AvgIpc) is 2.83. The Balaban J connectivity index is 1.27. The van der Waals surface area contributed by atoms with Crippen LogP contribution < -0.4 is 10.6 Å². The van der Waals surface area contributed by atoms with Crippen molar-refractivity contribution in [1.29, 1.82) is 0 Å². The molecule has 3 heterocycles. The van der Waals surface area contributed by atoms with Gasteiger partial charge in [0.25, 0.3) is 0 Å². The Kier molecular flexibility index (Phi) is 7.91. The number of piperazine rings is 1. The fraction of sp³-hybridized carbons (Fsp3) is 0.458. The molecule has 1 aromatic carbocycles. The van der Waals surface area contributed by atoms with Gasteiger partial charge in [0.05, 0.1) is 18.9 Å². The van der Waals surface area contributed by atoms with Gasteiger partial charge in [0.15, 0.2) is 5.82 Å². The molecule has 2 aromatic rings. The van der Waals surface area contributed by atoms with Crippen LogP contribution in [0.25, 0.3) is 0 Å². The molecule has 0 atom stereocenters. The van der Waals surface area contributed by atoms with Crippen LogP contribution in [0.3, 0.4) is 0 Å². The molecule has 2 saturated heterocycles. The van der Waals surface area contributed by atoms with Crippen molar-refractivity contribution < 1.29 is 23.5 Å². The molecule has 2 fully saturated rings. The first-order valence-corrected chi connectivity index (χ1v) is 11.5. The summed E-state index contributed by atoms with van der Waals surface area (Å²) in [5.41, 5.74) is 1.94. The van der Waals surface area contributed by atoms with Crippen molar-refractivity contribution in [2.45, 2.75) is 32.4 Å². The van der Waals surface area contributed by atoms with Crippen LogP contribution in [0, 0.1) is 12.7 Å². The molecule has 0 spiro atoms. The van der Waals surface area contributed by atoms with E-state index in [1.165, 1.54) is 6.07 Å². The molecule has 2 N–H and O–H groups in total. The monoisotopic (exact) mass is 471 g/mol. The molecule has 2 aliphatic rings. The van der Waals surface area contributed by atoms with E-state index in [-0.39, 0.29) is 17.9 Å². The number of nitrogens with zero attached hydrogens (tertiary/aromatic N) is 3. The molecule has 10 heteroatoms. The lowest BCUT2D eigenvalue weighted by atomic mass is 10.1. The molecule has 4 rings (SSSR count). The molecular weight excluding hydrogens is 441 g/mol.